The smallest absolute Gasteiger partial charge is 0.149 e. The normalized spacial score (nSPS) is 12.4. The number of rotatable bonds is 4. The van der Waals surface area contributed by atoms with E-state index < -0.39 is 0 Å². The Kier molecular flexibility index (Phi) is 3.96. The minimum Gasteiger partial charge on any atom is -0.360 e. The van der Waals surface area contributed by atoms with Crippen LogP contribution >= 0.6 is 23.1 Å². The van der Waals surface area contributed by atoms with Gasteiger partial charge in [0.2, 0.25) is 0 Å². The molecule has 4 nitrogen and oxygen atoms in total. The molecule has 0 fully saturated rings. The number of aromatic nitrogens is 3. The molecule has 2 heterocycles. The molecule has 0 aromatic carbocycles. The third-order valence-corrected chi connectivity index (χ3v) is 3.95. The van der Waals surface area contributed by atoms with Crippen molar-refractivity contribution in [3.05, 3.63) is 28.2 Å². The molecule has 2 rings (SSSR count). The number of nitrogens with one attached hydrogen (secondary N) is 1. The predicted molar refractivity (Wildman–Crippen MR) is 72.7 cm³/mol. The summed E-state index contributed by atoms with van der Waals surface area (Å²) in [6.07, 6.45) is 3.87. The number of hydrogen-bond acceptors (Lipinski definition) is 6. The first kappa shape index (κ1) is 12.3. The number of thioether (sulfide) groups is 1. The summed E-state index contributed by atoms with van der Waals surface area (Å²) in [4.78, 5) is 5.57. The summed E-state index contributed by atoms with van der Waals surface area (Å²) in [5.41, 5.74) is 0. The third kappa shape index (κ3) is 3.17. The zero-order chi connectivity index (χ0) is 12.3. The highest BCUT2D eigenvalue weighted by molar-refractivity contribution is 7.98. The van der Waals surface area contributed by atoms with Crippen molar-refractivity contribution in [2.75, 3.05) is 11.6 Å². The fourth-order valence-electron chi connectivity index (χ4n) is 1.36. The Balaban J connectivity index is 2.04. The number of aryl methyl sites for hydroxylation is 1. The predicted octanol–water partition coefficient (Wildman–Crippen LogP) is 3.14. The van der Waals surface area contributed by atoms with Gasteiger partial charge in [0.25, 0.3) is 0 Å². The van der Waals surface area contributed by atoms with Crippen LogP contribution in [0.1, 0.15) is 22.9 Å². The van der Waals surface area contributed by atoms with Gasteiger partial charge in [0.15, 0.2) is 0 Å². The van der Waals surface area contributed by atoms with Crippen molar-refractivity contribution >= 4 is 28.9 Å². The van der Waals surface area contributed by atoms with E-state index in [0.29, 0.717) is 0 Å². The van der Waals surface area contributed by atoms with E-state index in [1.807, 2.05) is 24.6 Å². The number of nitrogens with zero attached hydrogens (tertiary/aromatic N) is 3. The molecule has 6 heteroatoms. The lowest BCUT2D eigenvalue weighted by atomic mass is 10.3. The van der Waals surface area contributed by atoms with Gasteiger partial charge in [0.05, 0.1) is 6.04 Å². The molecule has 0 aliphatic rings. The number of hydrogen-bond donors (Lipinski definition) is 1. The molecule has 0 bridgehead atoms. The van der Waals surface area contributed by atoms with Crippen LogP contribution in [0.15, 0.2) is 23.4 Å². The highest BCUT2D eigenvalue weighted by Crippen LogP contribution is 2.22. The maximum absolute atomic E-state index is 4.35. The average molecular weight is 266 g/mol. The minimum absolute atomic E-state index is 0.156. The van der Waals surface area contributed by atoms with Gasteiger partial charge in [-0.25, -0.2) is 4.98 Å². The van der Waals surface area contributed by atoms with E-state index >= 15 is 0 Å². The average Bonchev–Trinajstić information content (AvgIpc) is 2.77. The van der Waals surface area contributed by atoms with Crippen molar-refractivity contribution < 1.29 is 0 Å². The van der Waals surface area contributed by atoms with Crippen LogP contribution < -0.4 is 5.32 Å². The first-order chi connectivity index (χ1) is 8.19. The van der Waals surface area contributed by atoms with E-state index in [2.05, 4.69) is 34.3 Å². The molecule has 90 valence electrons. The minimum atomic E-state index is 0.156. The molecule has 0 amide bonds. The van der Waals surface area contributed by atoms with Crippen molar-refractivity contribution in [2.45, 2.75) is 24.9 Å². The summed E-state index contributed by atoms with van der Waals surface area (Å²) < 4.78 is 0. The monoisotopic (exact) mass is 266 g/mol. The Morgan fingerprint density at radius 1 is 1.35 bits per heavy atom. The second kappa shape index (κ2) is 5.46. The quantitative estimate of drug-likeness (QED) is 0.862. The van der Waals surface area contributed by atoms with Crippen LogP contribution in [0.3, 0.4) is 0 Å². The van der Waals surface area contributed by atoms with Crippen molar-refractivity contribution in [2.24, 2.45) is 0 Å². The van der Waals surface area contributed by atoms with Gasteiger partial charge in [-0.3, -0.25) is 0 Å². The van der Waals surface area contributed by atoms with E-state index in [4.69, 9.17) is 0 Å². The maximum atomic E-state index is 4.35. The highest BCUT2D eigenvalue weighted by atomic mass is 32.2. The molecule has 0 aliphatic carbocycles. The van der Waals surface area contributed by atoms with Crippen molar-refractivity contribution in [3.8, 4) is 0 Å². The standard InChI is InChI=1S/C11H14N4S2/c1-7-6-12-11(17-7)8(2)13-9-4-5-10(16-3)15-14-9/h4-6,8H,1-3H3,(H,13,14). The molecular weight excluding hydrogens is 252 g/mol. The van der Waals surface area contributed by atoms with Crippen molar-refractivity contribution in [1.29, 1.82) is 0 Å². The zero-order valence-electron chi connectivity index (χ0n) is 9.97. The maximum Gasteiger partial charge on any atom is 0.149 e. The van der Waals surface area contributed by atoms with E-state index in [0.717, 1.165) is 15.9 Å². The molecule has 17 heavy (non-hydrogen) atoms. The zero-order valence-corrected chi connectivity index (χ0v) is 11.6. The van der Waals surface area contributed by atoms with Crippen LogP contribution in [0.4, 0.5) is 5.82 Å². The highest BCUT2D eigenvalue weighted by Gasteiger charge is 2.09. The van der Waals surface area contributed by atoms with Crippen molar-refractivity contribution in [1.82, 2.24) is 15.2 Å². The summed E-state index contributed by atoms with van der Waals surface area (Å²) in [6, 6.07) is 4.05. The van der Waals surface area contributed by atoms with Gasteiger partial charge in [-0.2, -0.15) is 0 Å². The van der Waals surface area contributed by atoms with E-state index in [1.165, 1.54) is 4.88 Å². The fraction of sp³-hybridized carbons (Fsp3) is 0.364. The fourth-order valence-corrected chi connectivity index (χ4v) is 2.46. The molecule has 0 saturated carbocycles. The van der Waals surface area contributed by atoms with Gasteiger partial charge in [-0.15, -0.1) is 33.3 Å². The second-order valence-corrected chi connectivity index (χ2v) is 5.73. The Labute approximate surface area is 109 Å². The SMILES string of the molecule is CSc1ccc(NC(C)c2ncc(C)s2)nn1. The van der Waals surface area contributed by atoms with E-state index in [-0.39, 0.29) is 6.04 Å². The van der Waals surface area contributed by atoms with Gasteiger partial charge in [-0.05, 0) is 32.2 Å². The molecular formula is C11H14N4S2. The first-order valence-corrected chi connectivity index (χ1v) is 7.29. The summed E-state index contributed by atoms with van der Waals surface area (Å²) in [6.45, 7) is 4.13. The summed E-state index contributed by atoms with van der Waals surface area (Å²) in [5, 5.41) is 13.5. The first-order valence-electron chi connectivity index (χ1n) is 5.25. The van der Waals surface area contributed by atoms with Gasteiger partial charge < -0.3 is 5.32 Å². The summed E-state index contributed by atoms with van der Waals surface area (Å²) in [5.74, 6) is 0.781. The van der Waals surface area contributed by atoms with Gasteiger partial charge >= 0.3 is 0 Å². The van der Waals surface area contributed by atoms with Gasteiger partial charge in [-0.1, -0.05) is 0 Å². The molecule has 2 aromatic heterocycles. The van der Waals surface area contributed by atoms with Crippen molar-refractivity contribution in [3.63, 3.8) is 0 Å². The molecule has 1 N–H and O–H groups in total. The summed E-state index contributed by atoms with van der Waals surface area (Å²) >= 11 is 3.28. The third-order valence-electron chi connectivity index (χ3n) is 2.22. The van der Waals surface area contributed by atoms with Gasteiger partial charge in [0.1, 0.15) is 15.9 Å². The summed E-state index contributed by atoms with van der Waals surface area (Å²) in [7, 11) is 0. The lowest BCUT2D eigenvalue weighted by Crippen LogP contribution is -2.08. The molecule has 0 aliphatic heterocycles. The molecule has 0 saturated heterocycles. The molecule has 1 unspecified atom stereocenters. The Hall–Kier alpha value is -1.14. The second-order valence-electron chi connectivity index (χ2n) is 3.64. The lowest BCUT2D eigenvalue weighted by Gasteiger charge is -2.11. The molecule has 0 spiro atoms. The number of thiazole rings is 1. The Morgan fingerprint density at radius 2 is 2.18 bits per heavy atom. The number of anilines is 1. The lowest BCUT2D eigenvalue weighted by molar-refractivity contribution is 0.836. The van der Waals surface area contributed by atoms with Crippen LogP contribution in [0.5, 0.6) is 0 Å². The molecule has 1 atom stereocenters. The van der Waals surface area contributed by atoms with Crippen LogP contribution in [0.25, 0.3) is 0 Å². The van der Waals surface area contributed by atoms with Gasteiger partial charge in [0, 0.05) is 11.1 Å². The van der Waals surface area contributed by atoms with Crippen LogP contribution in [-0.2, 0) is 0 Å². The van der Waals surface area contributed by atoms with Crippen LogP contribution in [0.2, 0.25) is 0 Å². The Bertz CT molecular complexity index is 480. The van der Waals surface area contributed by atoms with E-state index in [9.17, 15) is 0 Å². The molecule has 0 radical (unpaired) electrons. The van der Waals surface area contributed by atoms with Crippen LogP contribution in [0, 0.1) is 6.92 Å². The topological polar surface area (TPSA) is 50.7 Å². The molecule has 2 aromatic rings. The Morgan fingerprint density at radius 3 is 2.71 bits per heavy atom. The van der Waals surface area contributed by atoms with Crippen LogP contribution in [-0.4, -0.2) is 21.4 Å². The van der Waals surface area contributed by atoms with E-state index in [1.54, 1.807) is 23.1 Å². The largest absolute Gasteiger partial charge is 0.360 e.